The van der Waals surface area contributed by atoms with E-state index >= 15 is 0 Å². The predicted molar refractivity (Wildman–Crippen MR) is 87.8 cm³/mol. The third kappa shape index (κ3) is 6.15. The third-order valence-electron chi connectivity index (χ3n) is 3.91. The summed E-state index contributed by atoms with van der Waals surface area (Å²) in [7, 11) is 0. The molecule has 0 bridgehead atoms. The molecule has 2 rings (SSSR count). The lowest BCUT2D eigenvalue weighted by Gasteiger charge is -2.28. The van der Waals surface area contributed by atoms with Gasteiger partial charge in [-0.15, -0.1) is 0 Å². The molecule has 1 aliphatic rings. The average Bonchev–Trinajstić information content (AvgIpc) is 2.57. The number of hydrogen-bond acceptors (Lipinski definition) is 3. The minimum absolute atomic E-state index is 0.0706. The Bertz CT molecular complexity index is 475. The number of benzene rings is 1. The average molecular weight is 323 g/mol. The molecule has 128 valence electrons. The fourth-order valence-electron chi connectivity index (χ4n) is 2.64. The highest BCUT2D eigenvalue weighted by atomic mass is 19.1. The number of carbonyl (C=O) groups is 1. The van der Waals surface area contributed by atoms with E-state index in [0.717, 1.165) is 44.8 Å². The molecular formula is C17H26FN3O2. The summed E-state index contributed by atoms with van der Waals surface area (Å²) in [5, 5.41) is 2.85. The van der Waals surface area contributed by atoms with Gasteiger partial charge in [-0.05, 0) is 31.0 Å². The smallest absolute Gasteiger partial charge is 0.317 e. The van der Waals surface area contributed by atoms with Crippen molar-refractivity contribution in [1.82, 2.24) is 15.1 Å². The molecule has 0 saturated carbocycles. The summed E-state index contributed by atoms with van der Waals surface area (Å²) in [5.41, 5.74) is 0.934. The number of hydrogen-bond donors (Lipinski definition) is 1. The fraction of sp³-hybridized carbons (Fsp3) is 0.588. The number of ether oxygens (including phenoxy) is 1. The molecule has 0 spiro atoms. The molecule has 1 aromatic carbocycles. The largest absolute Gasteiger partial charge is 0.379 e. The first-order valence-electron chi connectivity index (χ1n) is 8.26. The second-order valence-corrected chi connectivity index (χ2v) is 5.69. The number of rotatable bonds is 7. The summed E-state index contributed by atoms with van der Waals surface area (Å²) >= 11 is 0. The van der Waals surface area contributed by atoms with Crippen LogP contribution in [0.1, 0.15) is 18.9 Å². The Morgan fingerprint density at radius 3 is 2.65 bits per heavy atom. The van der Waals surface area contributed by atoms with Crippen molar-refractivity contribution < 1.29 is 13.9 Å². The minimum atomic E-state index is -0.259. The van der Waals surface area contributed by atoms with Crippen LogP contribution in [0.25, 0.3) is 0 Å². The lowest BCUT2D eigenvalue weighted by molar-refractivity contribution is 0.0364. The minimum Gasteiger partial charge on any atom is -0.379 e. The fourth-order valence-corrected chi connectivity index (χ4v) is 2.64. The van der Waals surface area contributed by atoms with Crippen molar-refractivity contribution >= 4 is 6.03 Å². The first-order chi connectivity index (χ1) is 11.2. The van der Waals surface area contributed by atoms with E-state index in [1.165, 1.54) is 12.1 Å². The molecule has 6 heteroatoms. The Hall–Kier alpha value is -1.66. The standard InChI is InChI=1S/C17H26FN3O2/c1-2-19-17(22)21(14-15-4-6-16(18)7-5-15)9-3-8-20-10-12-23-13-11-20/h4-7H,2-3,8-14H2,1H3,(H,19,22). The molecule has 23 heavy (non-hydrogen) atoms. The summed E-state index contributed by atoms with van der Waals surface area (Å²) in [5.74, 6) is -0.259. The monoisotopic (exact) mass is 323 g/mol. The molecule has 0 atom stereocenters. The Balaban J connectivity index is 1.85. The second kappa shape index (κ2) is 9.47. The van der Waals surface area contributed by atoms with Crippen molar-refractivity contribution in [3.05, 3.63) is 35.6 Å². The molecular weight excluding hydrogens is 297 g/mol. The van der Waals surface area contributed by atoms with Crippen molar-refractivity contribution in [3.8, 4) is 0 Å². The van der Waals surface area contributed by atoms with E-state index in [9.17, 15) is 9.18 Å². The van der Waals surface area contributed by atoms with E-state index in [2.05, 4.69) is 10.2 Å². The SMILES string of the molecule is CCNC(=O)N(CCCN1CCOCC1)Cc1ccc(F)cc1. The zero-order valence-corrected chi connectivity index (χ0v) is 13.8. The quantitative estimate of drug-likeness (QED) is 0.835. The van der Waals surface area contributed by atoms with Gasteiger partial charge >= 0.3 is 6.03 Å². The van der Waals surface area contributed by atoms with Gasteiger partial charge < -0.3 is 15.0 Å². The van der Waals surface area contributed by atoms with Crippen LogP contribution in [0, 0.1) is 5.82 Å². The van der Waals surface area contributed by atoms with Crippen molar-refractivity contribution in [2.75, 3.05) is 45.9 Å². The summed E-state index contributed by atoms with van der Waals surface area (Å²) < 4.78 is 18.3. The first kappa shape index (κ1) is 17.7. The van der Waals surface area contributed by atoms with E-state index in [1.807, 2.05) is 6.92 Å². The van der Waals surface area contributed by atoms with Crippen LogP contribution in [-0.2, 0) is 11.3 Å². The number of halogens is 1. The molecule has 1 aliphatic heterocycles. The van der Waals surface area contributed by atoms with E-state index in [0.29, 0.717) is 19.6 Å². The highest BCUT2D eigenvalue weighted by Crippen LogP contribution is 2.08. The van der Waals surface area contributed by atoms with Gasteiger partial charge in [-0.3, -0.25) is 4.90 Å². The van der Waals surface area contributed by atoms with Crippen LogP contribution in [0.4, 0.5) is 9.18 Å². The summed E-state index contributed by atoms with van der Waals surface area (Å²) in [6, 6.07) is 6.24. The van der Waals surface area contributed by atoms with Gasteiger partial charge in [0.05, 0.1) is 13.2 Å². The van der Waals surface area contributed by atoms with Crippen LogP contribution >= 0.6 is 0 Å². The molecule has 1 heterocycles. The molecule has 2 amide bonds. The maximum atomic E-state index is 13.0. The van der Waals surface area contributed by atoms with Crippen molar-refractivity contribution in [2.45, 2.75) is 19.9 Å². The van der Waals surface area contributed by atoms with Gasteiger partial charge in [-0.1, -0.05) is 12.1 Å². The van der Waals surface area contributed by atoms with Crippen molar-refractivity contribution in [2.24, 2.45) is 0 Å². The van der Waals surface area contributed by atoms with Gasteiger partial charge in [0.25, 0.3) is 0 Å². The molecule has 1 aromatic rings. The molecule has 1 fully saturated rings. The maximum Gasteiger partial charge on any atom is 0.317 e. The Kier molecular flexibility index (Phi) is 7.29. The van der Waals surface area contributed by atoms with Crippen LogP contribution in [0.3, 0.4) is 0 Å². The molecule has 0 radical (unpaired) electrons. The van der Waals surface area contributed by atoms with Gasteiger partial charge in [0.1, 0.15) is 5.82 Å². The number of morpholine rings is 1. The summed E-state index contributed by atoms with van der Waals surface area (Å²) in [6.45, 7) is 8.13. The second-order valence-electron chi connectivity index (χ2n) is 5.69. The predicted octanol–water partition coefficient (Wildman–Crippen LogP) is 2.08. The number of carbonyl (C=O) groups excluding carboxylic acids is 1. The number of amides is 2. The van der Waals surface area contributed by atoms with Crippen LogP contribution in [0.15, 0.2) is 24.3 Å². The van der Waals surface area contributed by atoms with E-state index in [4.69, 9.17) is 4.74 Å². The van der Waals surface area contributed by atoms with Crippen LogP contribution in [0.5, 0.6) is 0 Å². The highest BCUT2D eigenvalue weighted by Gasteiger charge is 2.15. The van der Waals surface area contributed by atoms with Gasteiger partial charge in [-0.2, -0.15) is 0 Å². The van der Waals surface area contributed by atoms with Crippen LogP contribution < -0.4 is 5.32 Å². The number of nitrogens with one attached hydrogen (secondary N) is 1. The number of nitrogens with zero attached hydrogens (tertiary/aromatic N) is 2. The van der Waals surface area contributed by atoms with E-state index < -0.39 is 0 Å². The lowest BCUT2D eigenvalue weighted by Crippen LogP contribution is -2.42. The molecule has 1 saturated heterocycles. The topological polar surface area (TPSA) is 44.8 Å². The summed E-state index contributed by atoms with van der Waals surface area (Å²) in [4.78, 5) is 16.4. The Labute approximate surface area is 137 Å². The molecule has 5 nitrogen and oxygen atoms in total. The summed E-state index contributed by atoms with van der Waals surface area (Å²) in [6.07, 6.45) is 0.915. The van der Waals surface area contributed by atoms with Crippen molar-refractivity contribution in [1.29, 1.82) is 0 Å². The van der Waals surface area contributed by atoms with Gasteiger partial charge in [0, 0.05) is 39.3 Å². The molecule has 0 aliphatic carbocycles. The van der Waals surface area contributed by atoms with Crippen molar-refractivity contribution in [3.63, 3.8) is 0 Å². The highest BCUT2D eigenvalue weighted by molar-refractivity contribution is 5.74. The molecule has 0 unspecified atom stereocenters. The number of urea groups is 1. The zero-order chi connectivity index (χ0) is 16.5. The normalized spacial score (nSPS) is 15.4. The van der Waals surface area contributed by atoms with E-state index in [-0.39, 0.29) is 11.8 Å². The lowest BCUT2D eigenvalue weighted by atomic mass is 10.2. The van der Waals surface area contributed by atoms with E-state index in [1.54, 1.807) is 17.0 Å². The van der Waals surface area contributed by atoms with Crippen LogP contribution in [0.2, 0.25) is 0 Å². The van der Waals surface area contributed by atoms with Gasteiger partial charge in [-0.25, -0.2) is 9.18 Å². The Morgan fingerprint density at radius 2 is 2.00 bits per heavy atom. The van der Waals surface area contributed by atoms with Gasteiger partial charge in [0.2, 0.25) is 0 Å². The maximum absolute atomic E-state index is 13.0. The first-order valence-corrected chi connectivity index (χ1v) is 8.26. The van der Waals surface area contributed by atoms with Crippen LogP contribution in [-0.4, -0.2) is 61.8 Å². The zero-order valence-electron chi connectivity index (χ0n) is 13.8. The molecule has 0 aromatic heterocycles. The Morgan fingerprint density at radius 1 is 1.30 bits per heavy atom. The van der Waals surface area contributed by atoms with Gasteiger partial charge in [0.15, 0.2) is 0 Å². The molecule has 1 N–H and O–H groups in total. The third-order valence-corrected chi connectivity index (χ3v) is 3.91.